The number of piperidine rings is 1. The number of carbonyl (C=O) groups is 2. The number of likely N-dealkylation sites (tertiary alicyclic amines) is 1. The fraction of sp³-hybridized carbons (Fsp3) is 0.684. The van der Waals surface area contributed by atoms with E-state index in [-0.39, 0.29) is 11.3 Å². The van der Waals surface area contributed by atoms with Crippen molar-refractivity contribution < 1.29 is 14.3 Å². The Morgan fingerprint density at radius 1 is 1.26 bits per heavy atom. The fourth-order valence-electron chi connectivity index (χ4n) is 2.89. The molecule has 2 amide bonds. The number of ether oxygens (including phenoxy) is 1. The van der Waals surface area contributed by atoms with Crippen molar-refractivity contribution in [1.82, 2.24) is 9.88 Å². The van der Waals surface area contributed by atoms with Gasteiger partial charge in [0.2, 0.25) is 5.91 Å². The molecule has 1 saturated heterocycles. The van der Waals surface area contributed by atoms with Crippen molar-refractivity contribution in [2.75, 3.05) is 11.9 Å². The zero-order valence-electron chi connectivity index (χ0n) is 16.9. The molecule has 0 radical (unpaired) electrons. The Morgan fingerprint density at radius 3 is 2.44 bits per heavy atom. The van der Waals surface area contributed by atoms with Crippen molar-refractivity contribution in [3.05, 3.63) is 10.6 Å². The lowest BCUT2D eigenvalue weighted by atomic mass is 9.91. The smallest absolute Gasteiger partial charge is 0.410 e. The van der Waals surface area contributed by atoms with E-state index < -0.39 is 17.7 Å². The second-order valence-corrected chi connectivity index (χ2v) is 9.73. The summed E-state index contributed by atoms with van der Waals surface area (Å²) in [5, 5.41) is 12.5. The Labute approximate surface area is 164 Å². The molecule has 1 aliphatic heterocycles. The van der Waals surface area contributed by atoms with Crippen molar-refractivity contribution in [3.63, 3.8) is 0 Å². The maximum Gasteiger partial charge on any atom is 0.410 e. The van der Waals surface area contributed by atoms with Crippen LogP contribution < -0.4 is 5.32 Å². The van der Waals surface area contributed by atoms with Crippen molar-refractivity contribution >= 4 is 28.5 Å². The molecule has 0 spiro atoms. The predicted molar refractivity (Wildman–Crippen MR) is 105 cm³/mol. The number of amides is 2. The predicted octanol–water partition coefficient (Wildman–Crippen LogP) is 4.04. The molecule has 1 N–H and O–H groups in total. The molecule has 2 rings (SSSR count). The SMILES string of the molecule is CC(C)(C)OC(=O)N1CCCCC1C(=O)Nc1nc(C(C)(C)C)c(C#N)s1. The summed E-state index contributed by atoms with van der Waals surface area (Å²) in [5.74, 6) is -0.292. The third kappa shape index (κ3) is 5.42. The largest absolute Gasteiger partial charge is 0.444 e. The highest BCUT2D eigenvalue weighted by atomic mass is 32.1. The average molecular weight is 393 g/mol. The van der Waals surface area contributed by atoms with Crippen molar-refractivity contribution in [2.24, 2.45) is 0 Å². The maximum atomic E-state index is 12.8. The van der Waals surface area contributed by atoms with Gasteiger partial charge in [0, 0.05) is 12.0 Å². The van der Waals surface area contributed by atoms with E-state index in [2.05, 4.69) is 16.4 Å². The van der Waals surface area contributed by atoms with E-state index in [1.165, 1.54) is 4.90 Å². The first-order valence-electron chi connectivity index (χ1n) is 9.14. The van der Waals surface area contributed by atoms with Gasteiger partial charge in [-0.2, -0.15) is 5.26 Å². The minimum atomic E-state index is -0.617. The van der Waals surface area contributed by atoms with Gasteiger partial charge in [-0.15, -0.1) is 0 Å². The molecule has 0 bridgehead atoms. The molecule has 1 aromatic heterocycles. The average Bonchev–Trinajstić information content (AvgIpc) is 2.96. The van der Waals surface area contributed by atoms with Gasteiger partial charge in [-0.25, -0.2) is 9.78 Å². The summed E-state index contributed by atoms with van der Waals surface area (Å²) < 4.78 is 5.44. The highest BCUT2D eigenvalue weighted by Gasteiger charge is 2.35. The van der Waals surface area contributed by atoms with Crippen molar-refractivity contribution in [2.45, 2.75) is 77.9 Å². The van der Waals surface area contributed by atoms with Crippen LogP contribution in [0.4, 0.5) is 9.93 Å². The molecule has 8 heteroatoms. The van der Waals surface area contributed by atoms with Crippen LogP contribution in [0, 0.1) is 11.3 Å². The van der Waals surface area contributed by atoms with Gasteiger partial charge in [-0.1, -0.05) is 32.1 Å². The minimum Gasteiger partial charge on any atom is -0.444 e. The molecule has 148 valence electrons. The number of hydrogen-bond donors (Lipinski definition) is 1. The summed E-state index contributed by atoms with van der Waals surface area (Å²) in [6.07, 6.45) is 1.81. The van der Waals surface area contributed by atoms with Crippen molar-refractivity contribution in [3.8, 4) is 6.07 Å². The monoisotopic (exact) mass is 392 g/mol. The van der Waals surface area contributed by atoms with Crippen LogP contribution in [0.25, 0.3) is 0 Å². The molecule has 7 nitrogen and oxygen atoms in total. The lowest BCUT2D eigenvalue weighted by Gasteiger charge is -2.35. The molecular weight excluding hydrogens is 364 g/mol. The van der Waals surface area contributed by atoms with Gasteiger partial charge in [-0.05, 0) is 40.0 Å². The third-order valence-electron chi connectivity index (χ3n) is 4.10. The molecule has 0 aliphatic carbocycles. The van der Waals surface area contributed by atoms with E-state index >= 15 is 0 Å². The van der Waals surface area contributed by atoms with E-state index in [1.54, 1.807) is 20.8 Å². The molecule has 1 aliphatic rings. The Kier molecular flexibility index (Phi) is 6.15. The van der Waals surface area contributed by atoms with Gasteiger partial charge in [0.15, 0.2) is 5.13 Å². The number of aromatic nitrogens is 1. The summed E-state index contributed by atoms with van der Waals surface area (Å²) in [5.41, 5.74) is -0.246. The number of hydrogen-bond acceptors (Lipinski definition) is 6. The fourth-order valence-corrected chi connectivity index (χ4v) is 3.87. The maximum absolute atomic E-state index is 12.8. The number of rotatable bonds is 2. The summed E-state index contributed by atoms with van der Waals surface area (Å²) >= 11 is 1.16. The van der Waals surface area contributed by atoms with E-state index in [9.17, 15) is 14.9 Å². The van der Waals surface area contributed by atoms with Gasteiger partial charge < -0.3 is 10.1 Å². The molecule has 1 fully saturated rings. The van der Waals surface area contributed by atoms with Crippen LogP contribution in [-0.2, 0) is 14.9 Å². The number of nitrogens with zero attached hydrogens (tertiary/aromatic N) is 3. The summed E-state index contributed by atoms with van der Waals surface area (Å²) in [6.45, 7) is 11.8. The lowest BCUT2D eigenvalue weighted by molar-refractivity contribution is -0.122. The van der Waals surface area contributed by atoms with E-state index in [0.29, 0.717) is 28.7 Å². The normalized spacial score (nSPS) is 18.0. The van der Waals surface area contributed by atoms with Gasteiger partial charge in [-0.3, -0.25) is 9.69 Å². The molecule has 1 unspecified atom stereocenters. The van der Waals surface area contributed by atoms with Crippen LogP contribution in [0.5, 0.6) is 0 Å². The Morgan fingerprint density at radius 2 is 1.93 bits per heavy atom. The van der Waals surface area contributed by atoms with Crippen LogP contribution in [0.1, 0.15) is 71.4 Å². The number of nitrogens with one attached hydrogen (secondary N) is 1. The highest BCUT2D eigenvalue weighted by Crippen LogP contribution is 2.32. The number of carbonyl (C=O) groups excluding carboxylic acids is 2. The molecule has 0 aromatic carbocycles. The number of anilines is 1. The van der Waals surface area contributed by atoms with Gasteiger partial charge in [0.25, 0.3) is 0 Å². The molecule has 1 aromatic rings. The minimum absolute atomic E-state index is 0.292. The van der Waals surface area contributed by atoms with E-state index in [1.807, 2.05) is 20.8 Å². The zero-order valence-corrected chi connectivity index (χ0v) is 17.7. The molecule has 27 heavy (non-hydrogen) atoms. The van der Waals surface area contributed by atoms with Crippen molar-refractivity contribution in [1.29, 1.82) is 5.26 Å². The standard InChI is InChI=1S/C19H28N4O3S/c1-18(2,3)14-13(11-20)27-16(21-14)22-15(24)12-9-7-8-10-23(12)17(25)26-19(4,5)6/h12H,7-10H2,1-6H3,(H,21,22,24). The Balaban J connectivity index is 2.17. The van der Waals surface area contributed by atoms with Crippen LogP contribution >= 0.6 is 11.3 Å². The van der Waals surface area contributed by atoms with Gasteiger partial charge in [0.05, 0.1) is 5.69 Å². The van der Waals surface area contributed by atoms with Crippen LogP contribution in [0.2, 0.25) is 0 Å². The first-order valence-corrected chi connectivity index (χ1v) is 9.96. The van der Waals surface area contributed by atoms with Crippen LogP contribution in [0.15, 0.2) is 0 Å². The van der Waals surface area contributed by atoms with Crippen LogP contribution in [-0.4, -0.2) is 40.1 Å². The zero-order chi connectivity index (χ0) is 20.4. The second-order valence-electron chi connectivity index (χ2n) is 8.73. The molecular formula is C19H28N4O3S. The van der Waals surface area contributed by atoms with Gasteiger partial charge in [0.1, 0.15) is 22.6 Å². The lowest BCUT2D eigenvalue weighted by Crippen LogP contribution is -2.51. The van der Waals surface area contributed by atoms with Crippen LogP contribution in [0.3, 0.4) is 0 Å². The van der Waals surface area contributed by atoms with E-state index in [0.717, 1.165) is 24.2 Å². The first kappa shape index (κ1) is 21.2. The Bertz CT molecular complexity index is 752. The first-order chi connectivity index (χ1) is 12.4. The second kappa shape index (κ2) is 7.85. The summed E-state index contributed by atoms with van der Waals surface area (Å²) in [7, 11) is 0. The summed E-state index contributed by atoms with van der Waals surface area (Å²) in [4.78, 5) is 31.7. The number of nitriles is 1. The third-order valence-corrected chi connectivity index (χ3v) is 4.98. The quantitative estimate of drug-likeness (QED) is 0.819. The van der Waals surface area contributed by atoms with E-state index in [4.69, 9.17) is 4.74 Å². The topological polar surface area (TPSA) is 95.3 Å². The molecule has 2 heterocycles. The molecule has 0 saturated carbocycles. The molecule has 1 atom stereocenters. The summed E-state index contributed by atoms with van der Waals surface area (Å²) in [6, 6.07) is 1.55. The highest BCUT2D eigenvalue weighted by molar-refractivity contribution is 7.16. The Hall–Kier alpha value is -2.14. The number of thiazole rings is 1. The van der Waals surface area contributed by atoms with Gasteiger partial charge >= 0.3 is 6.09 Å².